The quantitative estimate of drug-likeness (QED) is 0.775. The van der Waals surface area contributed by atoms with E-state index in [0.717, 1.165) is 10.7 Å². The Morgan fingerprint density at radius 3 is 2.68 bits per heavy atom. The van der Waals surface area contributed by atoms with Gasteiger partial charge in [0.2, 0.25) is 11.8 Å². The van der Waals surface area contributed by atoms with Gasteiger partial charge >= 0.3 is 0 Å². The summed E-state index contributed by atoms with van der Waals surface area (Å²) in [4.78, 5) is 24.5. The van der Waals surface area contributed by atoms with Gasteiger partial charge in [-0.05, 0) is 6.92 Å². The summed E-state index contributed by atoms with van der Waals surface area (Å²) < 4.78 is 10.00. The Balaban J connectivity index is 2.23. The van der Waals surface area contributed by atoms with E-state index >= 15 is 0 Å². The highest BCUT2D eigenvalue weighted by molar-refractivity contribution is 7.09. The fraction of sp³-hybridized carbons (Fsp3) is 0.333. The molecule has 19 heavy (non-hydrogen) atoms. The highest BCUT2D eigenvalue weighted by atomic mass is 32.1. The molecule has 2 heterocycles. The molecule has 0 aliphatic rings. The second-order valence-electron chi connectivity index (χ2n) is 3.75. The molecule has 2 aromatic rings. The van der Waals surface area contributed by atoms with Crippen molar-refractivity contribution in [1.82, 2.24) is 15.0 Å². The Morgan fingerprint density at radius 2 is 2.11 bits per heavy atom. The van der Waals surface area contributed by atoms with Crippen LogP contribution in [-0.2, 0) is 6.42 Å². The van der Waals surface area contributed by atoms with Crippen molar-refractivity contribution in [2.45, 2.75) is 13.3 Å². The van der Waals surface area contributed by atoms with Crippen LogP contribution in [0.15, 0.2) is 11.6 Å². The first kappa shape index (κ1) is 13.4. The summed E-state index contributed by atoms with van der Waals surface area (Å²) in [5.74, 6) is 0.289. The zero-order valence-corrected chi connectivity index (χ0v) is 11.7. The minimum Gasteiger partial charge on any atom is -0.480 e. The summed E-state index contributed by atoms with van der Waals surface area (Å²) in [6, 6.07) is 0. The van der Waals surface area contributed by atoms with E-state index in [-0.39, 0.29) is 23.8 Å². The van der Waals surface area contributed by atoms with Crippen molar-refractivity contribution < 1.29 is 14.3 Å². The standard InChI is InChI=1S/C12H13N3O3S/c1-7-6-19-10(14-7)4-8(16)11-12(18-3)15-9(17-2)5-13-11/h5-6H,4H2,1-3H3. The molecular weight excluding hydrogens is 266 g/mol. The van der Waals surface area contributed by atoms with Gasteiger partial charge in [-0.3, -0.25) is 4.79 Å². The largest absolute Gasteiger partial charge is 0.480 e. The van der Waals surface area contributed by atoms with Gasteiger partial charge in [0.25, 0.3) is 0 Å². The van der Waals surface area contributed by atoms with Crippen molar-refractivity contribution in [2.24, 2.45) is 0 Å². The van der Waals surface area contributed by atoms with Gasteiger partial charge in [0.05, 0.1) is 26.8 Å². The maximum Gasteiger partial charge on any atom is 0.246 e. The van der Waals surface area contributed by atoms with Gasteiger partial charge in [0, 0.05) is 11.1 Å². The van der Waals surface area contributed by atoms with Gasteiger partial charge in [0.1, 0.15) is 5.01 Å². The van der Waals surface area contributed by atoms with Crippen molar-refractivity contribution in [3.05, 3.63) is 28.0 Å². The molecule has 0 bridgehead atoms. The van der Waals surface area contributed by atoms with Crippen molar-refractivity contribution >= 4 is 17.1 Å². The molecule has 0 aliphatic heterocycles. The molecule has 0 N–H and O–H groups in total. The van der Waals surface area contributed by atoms with Gasteiger partial charge in [0.15, 0.2) is 11.5 Å². The molecule has 0 saturated carbocycles. The minimum absolute atomic E-state index is 0.164. The zero-order valence-electron chi connectivity index (χ0n) is 10.8. The molecule has 100 valence electrons. The molecule has 7 heteroatoms. The first-order valence-electron chi connectivity index (χ1n) is 5.53. The third kappa shape index (κ3) is 3.05. The lowest BCUT2D eigenvalue weighted by Gasteiger charge is -2.06. The summed E-state index contributed by atoms with van der Waals surface area (Å²) in [5, 5.41) is 2.65. The molecule has 0 spiro atoms. The van der Waals surface area contributed by atoms with Crippen LogP contribution < -0.4 is 9.47 Å². The van der Waals surface area contributed by atoms with E-state index in [9.17, 15) is 4.79 Å². The van der Waals surface area contributed by atoms with E-state index in [1.54, 1.807) is 0 Å². The number of hydrogen-bond donors (Lipinski definition) is 0. The highest BCUT2D eigenvalue weighted by Gasteiger charge is 2.18. The lowest BCUT2D eigenvalue weighted by molar-refractivity contribution is 0.0984. The average molecular weight is 279 g/mol. The fourth-order valence-corrected chi connectivity index (χ4v) is 2.26. The van der Waals surface area contributed by atoms with Crippen LogP contribution in [0.25, 0.3) is 0 Å². The summed E-state index contributed by atoms with van der Waals surface area (Å²) in [6.45, 7) is 1.89. The Bertz CT molecular complexity index is 598. The number of nitrogens with zero attached hydrogens (tertiary/aromatic N) is 3. The number of carbonyl (C=O) groups is 1. The van der Waals surface area contributed by atoms with Crippen LogP contribution in [0.1, 0.15) is 21.2 Å². The number of thiazole rings is 1. The van der Waals surface area contributed by atoms with Gasteiger partial charge in [-0.25, -0.2) is 9.97 Å². The molecule has 0 radical (unpaired) electrons. The number of rotatable bonds is 5. The lowest BCUT2D eigenvalue weighted by atomic mass is 10.2. The molecule has 0 saturated heterocycles. The van der Waals surface area contributed by atoms with Gasteiger partial charge < -0.3 is 9.47 Å². The van der Waals surface area contributed by atoms with Gasteiger partial charge in [-0.15, -0.1) is 11.3 Å². The fourth-order valence-electron chi connectivity index (χ4n) is 1.49. The second kappa shape index (κ2) is 5.75. The number of ether oxygens (including phenoxy) is 2. The summed E-state index contributed by atoms with van der Waals surface area (Å²) in [5.41, 5.74) is 1.09. The van der Waals surface area contributed by atoms with E-state index in [4.69, 9.17) is 9.47 Å². The van der Waals surface area contributed by atoms with Crippen LogP contribution >= 0.6 is 11.3 Å². The topological polar surface area (TPSA) is 74.2 Å². The third-order valence-corrected chi connectivity index (χ3v) is 3.33. The number of ketones is 1. The first-order chi connectivity index (χ1) is 9.13. The van der Waals surface area contributed by atoms with Crippen molar-refractivity contribution in [2.75, 3.05) is 14.2 Å². The summed E-state index contributed by atoms with van der Waals surface area (Å²) in [7, 11) is 2.91. The third-order valence-electron chi connectivity index (χ3n) is 2.36. The zero-order chi connectivity index (χ0) is 13.8. The molecule has 0 aromatic carbocycles. The van der Waals surface area contributed by atoms with E-state index in [2.05, 4.69) is 15.0 Å². The lowest BCUT2D eigenvalue weighted by Crippen LogP contribution is -2.10. The molecule has 0 atom stereocenters. The monoisotopic (exact) mass is 279 g/mol. The van der Waals surface area contributed by atoms with E-state index in [1.165, 1.54) is 31.8 Å². The number of hydrogen-bond acceptors (Lipinski definition) is 7. The predicted molar refractivity (Wildman–Crippen MR) is 70.0 cm³/mol. The molecule has 2 rings (SSSR count). The van der Waals surface area contributed by atoms with Gasteiger partial charge in [-0.1, -0.05) is 0 Å². The van der Waals surface area contributed by atoms with Crippen molar-refractivity contribution in [3.8, 4) is 11.8 Å². The Hall–Kier alpha value is -2.02. The number of carbonyl (C=O) groups excluding carboxylic acids is 1. The Morgan fingerprint density at radius 1 is 1.32 bits per heavy atom. The maximum atomic E-state index is 12.1. The maximum absolute atomic E-state index is 12.1. The molecule has 0 unspecified atom stereocenters. The molecule has 6 nitrogen and oxygen atoms in total. The number of aryl methyl sites for hydroxylation is 1. The van der Waals surface area contributed by atoms with Crippen molar-refractivity contribution in [1.29, 1.82) is 0 Å². The first-order valence-corrected chi connectivity index (χ1v) is 6.41. The molecule has 0 amide bonds. The predicted octanol–water partition coefficient (Wildman–Crippen LogP) is 1.68. The highest BCUT2D eigenvalue weighted by Crippen LogP contribution is 2.19. The van der Waals surface area contributed by atoms with Crippen LogP contribution in [0.4, 0.5) is 0 Å². The van der Waals surface area contributed by atoms with Crippen molar-refractivity contribution in [3.63, 3.8) is 0 Å². The smallest absolute Gasteiger partial charge is 0.246 e. The van der Waals surface area contributed by atoms with E-state index < -0.39 is 0 Å². The van der Waals surface area contributed by atoms with Crippen LogP contribution in [0.3, 0.4) is 0 Å². The van der Waals surface area contributed by atoms with Crippen LogP contribution in [0.5, 0.6) is 11.8 Å². The van der Waals surface area contributed by atoms with Crippen LogP contribution in [-0.4, -0.2) is 35.0 Å². The van der Waals surface area contributed by atoms with E-state index in [1.807, 2.05) is 12.3 Å². The van der Waals surface area contributed by atoms with Gasteiger partial charge in [-0.2, -0.15) is 4.98 Å². The van der Waals surface area contributed by atoms with E-state index in [0.29, 0.717) is 5.88 Å². The Kier molecular flexibility index (Phi) is 4.06. The minimum atomic E-state index is -0.179. The summed E-state index contributed by atoms with van der Waals surface area (Å²) >= 11 is 1.45. The normalized spacial score (nSPS) is 10.3. The molecule has 0 fully saturated rings. The van der Waals surface area contributed by atoms with Crippen LogP contribution in [0, 0.1) is 6.92 Å². The Labute approximate surface area is 114 Å². The average Bonchev–Trinajstić information content (AvgIpc) is 2.83. The molecular formula is C12H13N3O3S. The molecule has 2 aromatic heterocycles. The SMILES string of the molecule is COc1cnc(C(=O)Cc2nc(C)cs2)c(OC)n1. The number of Topliss-reactive ketones (excluding diaryl/α,β-unsaturated/α-hetero) is 1. The molecule has 0 aliphatic carbocycles. The second-order valence-corrected chi connectivity index (χ2v) is 4.70. The number of aromatic nitrogens is 3. The number of methoxy groups -OCH3 is 2. The summed E-state index contributed by atoms with van der Waals surface area (Å²) in [6.07, 6.45) is 1.58. The van der Waals surface area contributed by atoms with Crippen LogP contribution in [0.2, 0.25) is 0 Å².